The van der Waals surface area contributed by atoms with Crippen LogP contribution in [0.4, 0.5) is 5.69 Å². The Morgan fingerprint density at radius 3 is 2.65 bits per heavy atom. The second-order valence-corrected chi connectivity index (χ2v) is 6.45. The maximum Gasteiger partial charge on any atom is 0.265 e. The van der Waals surface area contributed by atoms with E-state index in [0.29, 0.717) is 12.3 Å². The summed E-state index contributed by atoms with van der Waals surface area (Å²) in [5.74, 6) is 1.31. The minimum Gasteiger partial charge on any atom is -0.494 e. The number of unbranched alkanes of at least 4 members (excludes halogenated alkanes) is 3. The molecule has 0 heterocycles. The number of para-hydroxylation sites is 1. The van der Waals surface area contributed by atoms with Gasteiger partial charge in [0, 0.05) is 11.8 Å². The van der Waals surface area contributed by atoms with Gasteiger partial charge in [-0.2, -0.15) is 0 Å². The molecule has 0 saturated heterocycles. The van der Waals surface area contributed by atoms with Gasteiger partial charge in [0.25, 0.3) is 5.91 Å². The van der Waals surface area contributed by atoms with E-state index in [2.05, 4.69) is 12.2 Å². The third-order valence-corrected chi connectivity index (χ3v) is 4.13. The first-order valence-corrected chi connectivity index (χ1v) is 9.36. The third-order valence-electron chi connectivity index (χ3n) is 4.13. The van der Waals surface area contributed by atoms with Crippen LogP contribution in [0.5, 0.6) is 11.5 Å². The topological polar surface area (TPSA) is 47.6 Å². The van der Waals surface area contributed by atoms with Crippen molar-refractivity contribution in [2.24, 2.45) is 0 Å². The fourth-order valence-corrected chi connectivity index (χ4v) is 2.56. The molecule has 0 bridgehead atoms. The largest absolute Gasteiger partial charge is 0.494 e. The normalized spacial score (nSPS) is 11.7. The lowest BCUT2D eigenvalue weighted by molar-refractivity contribution is -0.122. The molecule has 0 fully saturated rings. The second kappa shape index (κ2) is 10.5. The number of benzene rings is 2. The number of carbonyl (C=O) groups excluding carboxylic acids is 1. The molecule has 1 unspecified atom stereocenters. The number of carbonyl (C=O) groups is 1. The van der Waals surface area contributed by atoms with Crippen molar-refractivity contribution < 1.29 is 14.3 Å². The van der Waals surface area contributed by atoms with E-state index in [9.17, 15) is 4.79 Å². The highest BCUT2D eigenvalue weighted by atomic mass is 16.5. The molecule has 0 aliphatic heterocycles. The van der Waals surface area contributed by atoms with Crippen molar-refractivity contribution in [1.29, 1.82) is 0 Å². The summed E-state index contributed by atoms with van der Waals surface area (Å²) in [4.78, 5) is 12.4. The number of hydrogen-bond acceptors (Lipinski definition) is 3. The summed E-state index contributed by atoms with van der Waals surface area (Å²) in [6, 6.07) is 15.1. The van der Waals surface area contributed by atoms with Crippen LogP contribution < -0.4 is 14.8 Å². The number of anilines is 1. The van der Waals surface area contributed by atoms with Crippen molar-refractivity contribution in [3.63, 3.8) is 0 Å². The molecule has 0 aliphatic carbocycles. The first-order valence-electron chi connectivity index (χ1n) is 9.36. The lowest BCUT2D eigenvalue weighted by Crippen LogP contribution is -2.30. The molecule has 140 valence electrons. The predicted molar refractivity (Wildman–Crippen MR) is 106 cm³/mol. The Morgan fingerprint density at radius 2 is 1.88 bits per heavy atom. The molecule has 2 aromatic rings. The number of rotatable bonds is 10. The second-order valence-electron chi connectivity index (χ2n) is 6.45. The van der Waals surface area contributed by atoms with E-state index in [0.717, 1.165) is 23.5 Å². The van der Waals surface area contributed by atoms with Gasteiger partial charge in [-0.05, 0) is 44.0 Å². The summed E-state index contributed by atoms with van der Waals surface area (Å²) in [5.41, 5.74) is 1.71. The Kier molecular flexibility index (Phi) is 8.00. The summed E-state index contributed by atoms with van der Waals surface area (Å²) >= 11 is 0. The lowest BCUT2D eigenvalue weighted by atomic mass is 10.2. The van der Waals surface area contributed by atoms with Crippen molar-refractivity contribution >= 4 is 11.6 Å². The fourth-order valence-electron chi connectivity index (χ4n) is 2.56. The van der Waals surface area contributed by atoms with Gasteiger partial charge >= 0.3 is 0 Å². The highest BCUT2D eigenvalue weighted by Gasteiger charge is 2.16. The fraction of sp³-hybridized carbons (Fsp3) is 0.409. The molecule has 2 aromatic carbocycles. The number of ether oxygens (including phenoxy) is 2. The van der Waals surface area contributed by atoms with Gasteiger partial charge in [-0.15, -0.1) is 0 Å². The van der Waals surface area contributed by atoms with Crippen molar-refractivity contribution in [2.45, 2.75) is 52.6 Å². The smallest absolute Gasteiger partial charge is 0.265 e. The lowest BCUT2D eigenvalue weighted by Gasteiger charge is -2.16. The molecular weight excluding hydrogens is 326 g/mol. The van der Waals surface area contributed by atoms with Crippen LogP contribution in [0.15, 0.2) is 48.5 Å². The summed E-state index contributed by atoms with van der Waals surface area (Å²) in [6.07, 6.45) is 4.09. The maximum absolute atomic E-state index is 12.4. The van der Waals surface area contributed by atoms with Gasteiger partial charge in [0.2, 0.25) is 0 Å². The number of nitrogens with one attached hydrogen (secondary N) is 1. The van der Waals surface area contributed by atoms with Gasteiger partial charge in [-0.3, -0.25) is 4.79 Å². The van der Waals surface area contributed by atoms with Gasteiger partial charge < -0.3 is 14.8 Å². The van der Waals surface area contributed by atoms with Crippen LogP contribution in [0.1, 0.15) is 45.1 Å². The van der Waals surface area contributed by atoms with Gasteiger partial charge in [-0.25, -0.2) is 0 Å². The summed E-state index contributed by atoms with van der Waals surface area (Å²) in [6.45, 7) is 6.60. The van der Waals surface area contributed by atoms with Gasteiger partial charge in [0.15, 0.2) is 6.10 Å². The minimum absolute atomic E-state index is 0.187. The van der Waals surface area contributed by atoms with Crippen LogP contribution in [0.3, 0.4) is 0 Å². The zero-order chi connectivity index (χ0) is 18.8. The maximum atomic E-state index is 12.4. The van der Waals surface area contributed by atoms with Crippen LogP contribution in [-0.2, 0) is 4.79 Å². The molecule has 4 nitrogen and oxygen atoms in total. The van der Waals surface area contributed by atoms with Gasteiger partial charge in [0.05, 0.1) is 6.61 Å². The molecule has 1 N–H and O–H groups in total. The number of aryl methyl sites for hydroxylation is 1. The van der Waals surface area contributed by atoms with Crippen LogP contribution >= 0.6 is 0 Å². The van der Waals surface area contributed by atoms with Crippen LogP contribution in [-0.4, -0.2) is 18.6 Å². The number of amides is 1. The summed E-state index contributed by atoms with van der Waals surface area (Å²) in [7, 11) is 0. The van der Waals surface area contributed by atoms with Crippen LogP contribution in [0.25, 0.3) is 0 Å². The molecule has 0 spiro atoms. The molecule has 1 amide bonds. The van der Waals surface area contributed by atoms with E-state index >= 15 is 0 Å². The predicted octanol–water partition coefficient (Wildman–Crippen LogP) is 5.36. The van der Waals surface area contributed by atoms with E-state index in [4.69, 9.17) is 9.47 Å². The Balaban J connectivity index is 1.86. The molecule has 4 heteroatoms. The standard InChI is InChI=1S/C22H29NO3/c1-4-5-6-9-15-25-20-13-10-12-19(16-20)23-22(24)18(3)26-21-14-8-7-11-17(21)2/h7-8,10-14,16,18H,4-6,9,15H2,1-3H3,(H,23,24). The van der Waals surface area contributed by atoms with Crippen molar-refractivity contribution in [2.75, 3.05) is 11.9 Å². The molecule has 2 rings (SSSR count). The Labute approximate surface area is 156 Å². The third kappa shape index (κ3) is 6.43. The van der Waals surface area contributed by atoms with E-state index in [-0.39, 0.29) is 5.91 Å². The highest BCUT2D eigenvalue weighted by Crippen LogP contribution is 2.20. The first kappa shape index (κ1) is 19.8. The average molecular weight is 355 g/mol. The number of hydrogen-bond donors (Lipinski definition) is 1. The molecule has 0 aromatic heterocycles. The van der Waals surface area contributed by atoms with E-state index in [1.54, 1.807) is 6.92 Å². The van der Waals surface area contributed by atoms with Crippen LogP contribution in [0.2, 0.25) is 0 Å². The van der Waals surface area contributed by atoms with Crippen LogP contribution in [0, 0.1) is 6.92 Å². The zero-order valence-electron chi connectivity index (χ0n) is 16.0. The SMILES string of the molecule is CCCCCCOc1cccc(NC(=O)C(C)Oc2ccccc2C)c1. The van der Waals surface area contributed by atoms with E-state index in [1.165, 1.54) is 19.3 Å². The van der Waals surface area contributed by atoms with Gasteiger partial charge in [-0.1, -0.05) is 50.5 Å². The molecule has 26 heavy (non-hydrogen) atoms. The van der Waals surface area contributed by atoms with Gasteiger partial charge in [0.1, 0.15) is 11.5 Å². The highest BCUT2D eigenvalue weighted by molar-refractivity contribution is 5.94. The summed E-state index contributed by atoms with van der Waals surface area (Å²) < 4.78 is 11.5. The quantitative estimate of drug-likeness (QED) is 0.584. The first-order chi connectivity index (χ1) is 12.6. The Morgan fingerprint density at radius 1 is 1.08 bits per heavy atom. The molecule has 0 radical (unpaired) electrons. The summed E-state index contributed by atoms with van der Waals surface area (Å²) in [5, 5.41) is 2.89. The molecule has 1 atom stereocenters. The van der Waals surface area contributed by atoms with Crippen molar-refractivity contribution in [1.82, 2.24) is 0 Å². The molecule has 0 aliphatic rings. The zero-order valence-corrected chi connectivity index (χ0v) is 16.0. The minimum atomic E-state index is -0.588. The molecular formula is C22H29NO3. The molecule has 0 saturated carbocycles. The van der Waals surface area contributed by atoms with Crippen molar-refractivity contribution in [3.8, 4) is 11.5 Å². The van der Waals surface area contributed by atoms with Crippen molar-refractivity contribution in [3.05, 3.63) is 54.1 Å². The Bertz CT molecular complexity index is 699. The average Bonchev–Trinajstić information content (AvgIpc) is 2.63. The van der Waals surface area contributed by atoms with E-state index in [1.807, 2.05) is 55.5 Å². The monoisotopic (exact) mass is 355 g/mol. The Hall–Kier alpha value is -2.49. The van der Waals surface area contributed by atoms with E-state index < -0.39 is 6.10 Å².